The van der Waals surface area contributed by atoms with Gasteiger partial charge in [0.15, 0.2) is 0 Å². The van der Waals surface area contributed by atoms with Crippen molar-refractivity contribution in [2.24, 2.45) is 11.8 Å². The number of hydrogen-bond acceptors (Lipinski definition) is 12. The smallest absolute Gasteiger partial charge is 0.206 e. The second-order valence-electron chi connectivity index (χ2n) is 35.1. The Morgan fingerprint density at radius 3 is 1.18 bits per heavy atom. The Labute approximate surface area is 754 Å². The topological polar surface area (TPSA) is 230 Å². The maximum absolute atomic E-state index is 13.0. The molecule has 18 heteroatoms. The van der Waals surface area contributed by atoms with E-state index in [0.29, 0.717) is 16.7 Å². The van der Waals surface area contributed by atoms with Gasteiger partial charge in [-0.3, -0.25) is 0 Å². The highest BCUT2D eigenvalue weighted by Crippen LogP contribution is 2.45. The first-order valence-corrected chi connectivity index (χ1v) is 50.7. The number of nitrogens with one attached hydrogen (secondary N) is 4. The molecule has 0 aliphatic heterocycles. The van der Waals surface area contributed by atoms with Crippen LogP contribution in [0.15, 0.2) is 217 Å². The van der Waals surface area contributed by atoms with Gasteiger partial charge < -0.3 is 29.2 Å². The molecule has 0 unspecified atom stereocenters. The largest absolute Gasteiger partial charge is 0.744 e. The molecule has 4 N–H and O–H groups in total. The molecular formula is C107H148N6O9S3. The molecule has 0 radical (unpaired) electrons. The minimum absolute atomic E-state index is 0.169. The molecule has 0 fully saturated rings. The Kier molecular flexibility index (Phi) is 40.8. The van der Waals surface area contributed by atoms with Crippen molar-refractivity contribution in [3.05, 3.63) is 264 Å². The average Bonchev–Trinajstić information content (AvgIpc) is 0.759. The van der Waals surface area contributed by atoms with Crippen molar-refractivity contribution in [2.45, 2.75) is 282 Å². The maximum Gasteiger partial charge on any atom is 0.206 e. The van der Waals surface area contributed by atoms with Crippen molar-refractivity contribution in [3.8, 4) is 0 Å². The van der Waals surface area contributed by atoms with E-state index in [9.17, 15) is 38.9 Å². The van der Waals surface area contributed by atoms with Gasteiger partial charge in [-0.15, -0.1) is 0 Å². The lowest BCUT2D eigenvalue weighted by molar-refractivity contribution is -0.528. The van der Waals surface area contributed by atoms with E-state index in [4.69, 9.17) is 0 Å². The van der Waals surface area contributed by atoms with Gasteiger partial charge in [0.25, 0.3) is 0 Å². The summed E-state index contributed by atoms with van der Waals surface area (Å²) in [5, 5.41) is 7.02. The summed E-state index contributed by atoms with van der Waals surface area (Å²) in [7, 11) is -14.1. The van der Waals surface area contributed by atoms with Crippen LogP contribution >= 0.6 is 0 Å². The summed E-state index contributed by atoms with van der Waals surface area (Å²) in [6.45, 7) is 55.8. The number of benzene rings is 6. The summed E-state index contributed by atoms with van der Waals surface area (Å²) in [6.07, 6.45) is 32.7. The van der Waals surface area contributed by atoms with Crippen LogP contribution in [0, 0.1) is 32.6 Å². The van der Waals surface area contributed by atoms with Crippen molar-refractivity contribution in [3.63, 3.8) is 0 Å². The van der Waals surface area contributed by atoms with E-state index in [1.807, 2.05) is 50.3 Å². The first-order chi connectivity index (χ1) is 59.5. The average molecular weight is 1760 g/mol. The summed E-state index contributed by atoms with van der Waals surface area (Å²) in [6, 6.07) is 34.7. The van der Waals surface area contributed by atoms with E-state index in [-0.39, 0.29) is 38.4 Å². The summed E-state index contributed by atoms with van der Waals surface area (Å²) < 4.78 is 115. The van der Waals surface area contributed by atoms with E-state index in [1.54, 1.807) is 42.5 Å². The molecule has 0 saturated heterocycles. The number of rotatable bonds is 40. The molecule has 6 aromatic rings. The molecule has 6 aromatic carbocycles. The number of anilines is 3. The third-order valence-corrected chi connectivity index (χ3v) is 26.2. The Morgan fingerprint density at radius 2 is 0.784 bits per heavy atom. The zero-order chi connectivity index (χ0) is 92.0. The molecule has 9 rings (SSSR count). The van der Waals surface area contributed by atoms with Gasteiger partial charge in [0, 0.05) is 120 Å². The van der Waals surface area contributed by atoms with E-state index in [1.165, 1.54) is 51.9 Å². The van der Waals surface area contributed by atoms with Crippen LogP contribution in [-0.2, 0) is 30.4 Å². The molecule has 0 spiro atoms. The number of unbranched alkanes of at least 4 members (excludes halogenated alkanes) is 8. The molecular weight excluding hydrogens is 1610 g/mol. The summed E-state index contributed by atoms with van der Waals surface area (Å²) >= 11 is 0. The molecule has 125 heavy (non-hydrogen) atoms. The van der Waals surface area contributed by atoms with Gasteiger partial charge in [-0.2, -0.15) is 0 Å². The molecule has 0 amide bonds. The van der Waals surface area contributed by atoms with E-state index in [0.717, 1.165) is 261 Å². The Hall–Kier alpha value is -8.88. The lowest BCUT2D eigenvalue weighted by Crippen LogP contribution is -2.73. The molecule has 3 aliphatic carbocycles. The first kappa shape index (κ1) is 103. The number of aryl methyl sites for hydroxylation is 3. The fraction of sp³-hybridized carbons (Fsp3) is 0.467. The third kappa shape index (κ3) is 28.3. The Morgan fingerprint density at radius 1 is 0.400 bits per heavy atom. The highest BCUT2D eigenvalue weighted by Gasteiger charge is 2.34. The van der Waals surface area contributed by atoms with Crippen LogP contribution in [0.3, 0.4) is 0 Å². The summed E-state index contributed by atoms with van der Waals surface area (Å²) in [5.74, 6) is 0.939. The predicted octanol–water partition coefficient (Wildman–Crippen LogP) is 22.5. The Balaban J connectivity index is 0.000000265. The minimum atomic E-state index is -4.77. The lowest BCUT2D eigenvalue weighted by Gasteiger charge is -2.33. The number of allylic oxidation sites excluding steroid dienone is 15. The van der Waals surface area contributed by atoms with E-state index < -0.39 is 30.4 Å². The van der Waals surface area contributed by atoms with E-state index >= 15 is 0 Å². The minimum Gasteiger partial charge on any atom is -0.744 e. The fourth-order valence-corrected chi connectivity index (χ4v) is 18.8. The van der Waals surface area contributed by atoms with Crippen molar-refractivity contribution < 1.29 is 53.5 Å². The van der Waals surface area contributed by atoms with Gasteiger partial charge in [-0.1, -0.05) is 223 Å². The first-order valence-electron chi connectivity index (χ1n) is 46.5. The summed E-state index contributed by atoms with van der Waals surface area (Å²) in [5.41, 5.74) is 27.5. The molecule has 3 aliphatic rings. The molecule has 15 nitrogen and oxygen atoms in total. The predicted molar refractivity (Wildman–Crippen MR) is 524 cm³/mol. The van der Waals surface area contributed by atoms with Crippen molar-refractivity contribution in [2.75, 3.05) is 67.9 Å². The lowest BCUT2D eigenvalue weighted by atomic mass is 9.78. The van der Waals surface area contributed by atoms with Crippen molar-refractivity contribution in [1.29, 1.82) is 0 Å². The number of hydrogen-bond donors (Lipinski definition) is 4. The number of nitrogens with zero attached hydrogens (tertiary/aromatic N) is 2. The Bertz CT molecular complexity index is 5360. The normalized spacial score (nSPS) is 14.5. The van der Waals surface area contributed by atoms with Crippen LogP contribution in [-0.4, -0.2) is 113 Å². The second-order valence-corrected chi connectivity index (χ2v) is 39.2. The second kappa shape index (κ2) is 49.5. The molecule has 0 atom stereocenters. The van der Waals surface area contributed by atoms with Crippen LogP contribution in [0.25, 0.3) is 16.7 Å². The van der Waals surface area contributed by atoms with Crippen LogP contribution in [0.2, 0.25) is 0 Å². The maximum atomic E-state index is 13.0. The quantitative estimate of drug-likeness (QED) is 0.0160. The van der Waals surface area contributed by atoms with Gasteiger partial charge in [0.05, 0.1) is 14.7 Å². The van der Waals surface area contributed by atoms with Crippen molar-refractivity contribution in [1.82, 2.24) is 0 Å². The van der Waals surface area contributed by atoms with Gasteiger partial charge in [0.1, 0.15) is 56.5 Å². The third-order valence-electron chi connectivity index (χ3n) is 23.5. The SMILES string of the molecule is CCCCN(CCCC)c1c(C(C)C)cc(C(=C2C=C(C(C)C)C(=[N+](CCCC)CCCC)C(C(C)C)=C2)c2ccccc2S(=O)(=O)[O-])cc1C(C)C.CCCCNc1c(C)cc(C(=C2C=C(C)C(=[NH+]CCCC)C(C)=C2)c2ccccc2S(=O)(=O)[O-])cc1C.CCCCNc1ccc(C(=C2C=CC(=[NH+]CCCC)C(C)=C2)c2ccccc2S(=O)(=O)[O-])cc1C. The zero-order valence-electron chi connectivity index (χ0n) is 79.6. The van der Waals surface area contributed by atoms with Gasteiger partial charge in [-0.05, 0) is 260 Å². The molecule has 678 valence electrons. The molecule has 0 bridgehead atoms. The molecule has 0 saturated carbocycles. The monoisotopic (exact) mass is 1760 g/mol. The van der Waals surface area contributed by atoms with E-state index in [2.05, 4.69) is 229 Å². The van der Waals surface area contributed by atoms with Crippen LogP contribution < -0.4 is 25.5 Å². The van der Waals surface area contributed by atoms with Gasteiger partial charge >= 0.3 is 0 Å². The molecule has 0 heterocycles. The van der Waals surface area contributed by atoms with Crippen LogP contribution in [0.5, 0.6) is 0 Å². The van der Waals surface area contributed by atoms with Crippen LogP contribution in [0.1, 0.15) is 307 Å². The highest BCUT2D eigenvalue weighted by atomic mass is 32.2. The standard InChI is InChI=1S/C47H72N2O3S.C31H40N2O3S.C29H36N2O3S/c1-13-17-25-48(26-18-14-2)46-40(33(5)6)29-37(30-41(46)34(7)8)45(39-23-21-22-24-44(39)53(50,51)52)38-31-42(35(9)10)47(43(32-38)36(11)12)49(27-19-15-3)28-20-16-4;1-7-9-15-32-30-21(3)17-25(18-22(30)4)29(27-13-11-12-14-28(27)37(34,35)36)26-19-23(5)31(24(6)20-26)33-16-10-8-2;1-5-7-17-30-26-15-13-23(19-21(26)3)29(25-11-9-10-12-28(25)35(32,33)34)24-14-16-27(22(4)20-24)31-18-8-6-2/h21-24,29-36H,13-20,25-28H2,1-12H3;11-14,17-20,32H,7-10,15-16H2,1-6H3,(H,34,35,36);9-16,19-20,30H,5-8,17-18H2,1-4H3,(H,32,33,34). The van der Waals surface area contributed by atoms with Crippen molar-refractivity contribution >= 4 is 81.3 Å². The highest BCUT2D eigenvalue weighted by molar-refractivity contribution is 7.86. The summed E-state index contributed by atoms with van der Waals surface area (Å²) in [4.78, 5) is 9.06. The zero-order valence-corrected chi connectivity index (χ0v) is 82.0. The van der Waals surface area contributed by atoms with Gasteiger partial charge in [-0.25, -0.2) is 39.8 Å². The van der Waals surface area contributed by atoms with Crippen LogP contribution in [0.4, 0.5) is 17.1 Å². The van der Waals surface area contributed by atoms with Gasteiger partial charge in [0.2, 0.25) is 17.1 Å². The molecule has 0 aromatic heterocycles. The fourth-order valence-electron chi connectivity index (χ4n) is 16.7.